The van der Waals surface area contributed by atoms with E-state index in [2.05, 4.69) is 0 Å². The Balaban J connectivity index is 1.88. The van der Waals surface area contributed by atoms with E-state index in [1.165, 1.54) is 31.4 Å². The minimum Gasteiger partial charge on any atom is -0.546 e. The van der Waals surface area contributed by atoms with Gasteiger partial charge in [-0.05, 0) is 43.3 Å². The molecule has 1 aromatic heterocycles. The van der Waals surface area contributed by atoms with Crippen LogP contribution in [0.15, 0.2) is 57.9 Å². The van der Waals surface area contributed by atoms with Crippen LogP contribution in [0.3, 0.4) is 0 Å². The lowest BCUT2D eigenvalue weighted by Crippen LogP contribution is -2.37. The quantitative estimate of drug-likeness (QED) is 0.668. The van der Waals surface area contributed by atoms with Crippen LogP contribution >= 0.6 is 0 Å². The number of aliphatic carboxylic acids is 1. The van der Waals surface area contributed by atoms with E-state index in [9.17, 15) is 14.7 Å². The number of carboxylic acid groups (broad SMARTS) is 1. The first-order valence-electron chi connectivity index (χ1n) is 7.73. The molecule has 0 fully saturated rings. The molecule has 26 heavy (non-hydrogen) atoms. The maximum Gasteiger partial charge on any atom is 0.235 e. The maximum atomic E-state index is 12.5. The molecule has 0 bridgehead atoms. The Labute approximate surface area is 148 Å². The van der Waals surface area contributed by atoms with Crippen molar-refractivity contribution >= 4 is 16.9 Å². The van der Waals surface area contributed by atoms with Crippen molar-refractivity contribution in [1.29, 1.82) is 0 Å². The van der Waals surface area contributed by atoms with Crippen molar-refractivity contribution in [2.24, 2.45) is 0 Å². The van der Waals surface area contributed by atoms with Gasteiger partial charge in [0.25, 0.3) is 0 Å². The van der Waals surface area contributed by atoms with E-state index in [4.69, 9.17) is 18.6 Å². The number of hydrogen-bond donors (Lipinski definition) is 0. The third-order valence-corrected chi connectivity index (χ3v) is 3.65. The van der Waals surface area contributed by atoms with Crippen LogP contribution in [-0.4, -0.2) is 19.2 Å². The van der Waals surface area contributed by atoms with E-state index in [-0.39, 0.29) is 27.9 Å². The zero-order valence-electron chi connectivity index (χ0n) is 14.1. The van der Waals surface area contributed by atoms with Crippen LogP contribution in [0.4, 0.5) is 0 Å². The molecule has 0 saturated carbocycles. The van der Waals surface area contributed by atoms with Crippen LogP contribution in [-0.2, 0) is 4.79 Å². The van der Waals surface area contributed by atoms with Crippen molar-refractivity contribution in [1.82, 2.24) is 0 Å². The van der Waals surface area contributed by atoms with E-state index in [1.54, 1.807) is 31.4 Å². The van der Waals surface area contributed by atoms with Crippen LogP contribution in [0.2, 0.25) is 0 Å². The molecule has 134 valence electrons. The van der Waals surface area contributed by atoms with Gasteiger partial charge in [0.15, 0.2) is 0 Å². The van der Waals surface area contributed by atoms with Crippen molar-refractivity contribution in [3.8, 4) is 23.0 Å². The van der Waals surface area contributed by atoms with Crippen molar-refractivity contribution in [2.75, 3.05) is 7.11 Å². The topological polar surface area (TPSA) is 98.0 Å². The normalized spacial score (nSPS) is 11.8. The number of benzene rings is 2. The Morgan fingerprint density at radius 2 is 1.73 bits per heavy atom. The molecule has 7 nitrogen and oxygen atoms in total. The molecule has 3 aromatic rings. The molecule has 2 aromatic carbocycles. The van der Waals surface area contributed by atoms with Gasteiger partial charge in [-0.3, -0.25) is 4.79 Å². The second-order valence-electron chi connectivity index (χ2n) is 5.44. The Morgan fingerprint density at radius 1 is 1.08 bits per heavy atom. The molecule has 0 aliphatic rings. The van der Waals surface area contributed by atoms with Crippen LogP contribution < -0.4 is 24.7 Å². The number of carboxylic acids is 1. The summed E-state index contributed by atoms with van der Waals surface area (Å²) >= 11 is 0. The fourth-order valence-corrected chi connectivity index (χ4v) is 2.26. The Hall–Kier alpha value is -3.48. The Morgan fingerprint density at radius 3 is 2.38 bits per heavy atom. The fourth-order valence-electron chi connectivity index (χ4n) is 2.26. The molecule has 0 amide bonds. The third kappa shape index (κ3) is 3.61. The van der Waals surface area contributed by atoms with E-state index in [1.807, 2.05) is 0 Å². The van der Waals surface area contributed by atoms with Crippen LogP contribution in [0.5, 0.6) is 23.0 Å². The summed E-state index contributed by atoms with van der Waals surface area (Å²) in [6.07, 6.45) is 0.0674. The number of hydrogen-bond acceptors (Lipinski definition) is 7. The molecule has 0 spiro atoms. The van der Waals surface area contributed by atoms with Gasteiger partial charge in [0.05, 0.1) is 18.5 Å². The molecule has 1 atom stereocenters. The van der Waals surface area contributed by atoms with E-state index in [0.717, 1.165) is 0 Å². The molecule has 0 unspecified atom stereocenters. The van der Waals surface area contributed by atoms with E-state index in [0.29, 0.717) is 11.5 Å². The van der Waals surface area contributed by atoms with Gasteiger partial charge in [0.1, 0.15) is 35.2 Å². The number of ether oxygens (including phenoxy) is 3. The highest BCUT2D eigenvalue weighted by Gasteiger charge is 2.12. The first-order valence-corrected chi connectivity index (χ1v) is 7.73. The Bertz CT molecular complexity index is 989. The van der Waals surface area contributed by atoms with E-state index < -0.39 is 12.1 Å². The lowest BCUT2D eigenvalue weighted by Gasteiger charge is -2.15. The maximum absolute atomic E-state index is 12.5. The summed E-state index contributed by atoms with van der Waals surface area (Å²) < 4.78 is 21.3. The number of carbonyl (C=O) groups is 1. The van der Waals surface area contributed by atoms with Gasteiger partial charge in [-0.1, -0.05) is 0 Å². The average Bonchev–Trinajstić information content (AvgIpc) is 2.64. The summed E-state index contributed by atoms with van der Waals surface area (Å²) in [5.74, 6) is 0.0665. The van der Waals surface area contributed by atoms with Crippen molar-refractivity contribution in [2.45, 2.75) is 13.0 Å². The third-order valence-electron chi connectivity index (χ3n) is 3.65. The highest BCUT2D eigenvalue weighted by Crippen LogP contribution is 2.25. The molecule has 0 saturated heterocycles. The van der Waals surface area contributed by atoms with Crippen LogP contribution in [0, 0.1) is 0 Å². The van der Waals surface area contributed by atoms with Crippen molar-refractivity contribution < 1.29 is 28.5 Å². The zero-order chi connectivity index (χ0) is 18.7. The van der Waals surface area contributed by atoms with Gasteiger partial charge < -0.3 is 28.5 Å². The Kier molecular flexibility index (Phi) is 4.79. The molecule has 0 N–H and O–H groups in total. The molecule has 0 aliphatic carbocycles. The molecule has 0 radical (unpaired) electrons. The van der Waals surface area contributed by atoms with Crippen molar-refractivity contribution in [3.63, 3.8) is 0 Å². The van der Waals surface area contributed by atoms with Gasteiger partial charge in [0.2, 0.25) is 11.2 Å². The number of methoxy groups -OCH3 is 1. The minimum atomic E-state index is -1.34. The second kappa shape index (κ2) is 7.18. The standard InChI is InChI=1S/C19H16O7/c1-11(19(21)22)25-14-7-8-15-16(9-14)24-10-17(18(15)20)26-13-5-3-12(23-2)4-6-13/h3-11H,1-2H3,(H,21,22)/p-1/t11-/m0/s1. The summed E-state index contributed by atoms with van der Waals surface area (Å²) in [7, 11) is 1.56. The first-order chi connectivity index (χ1) is 12.5. The van der Waals surface area contributed by atoms with E-state index >= 15 is 0 Å². The van der Waals surface area contributed by atoms with Crippen molar-refractivity contribution in [3.05, 3.63) is 59.0 Å². The lowest BCUT2D eigenvalue weighted by molar-refractivity contribution is -0.312. The molecule has 1 heterocycles. The molecular weight excluding hydrogens is 340 g/mol. The van der Waals surface area contributed by atoms with Gasteiger partial charge in [-0.2, -0.15) is 0 Å². The second-order valence-corrected chi connectivity index (χ2v) is 5.44. The number of fused-ring (bicyclic) bond motifs is 1. The summed E-state index contributed by atoms with van der Waals surface area (Å²) in [4.78, 5) is 23.3. The van der Waals surface area contributed by atoms with Gasteiger partial charge >= 0.3 is 0 Å². The summed E-state index contributed by atoms with van der Waals surface area (Å²) in [5.41, 5.74) is -0.110. The molecule has 7 heteroatoms. The SMILES string of the molecule is COc1ccc(Oc2coc3cc(O[C@@H](C)C(=O)[O-])ccc3c2=O)cc1. The van der Waals surface area contributed by atoms with Gasteiger partial charge in [0, 0.05) is 6.07 Å². The lowest BCUT2D eigenvalue weighted by atomic mass is 10.2. The predicted molar refractivity (Wildman–Crippen MR) is 90.6 cm³/mol. The van der Waals surface area contributed by atoms with Gasteiger partial charge in [-0.15, -0.1) is 0 Å². The first kappa shape index (κ1) is 17.3. The summed E-state index contributed by atoms with van der Waals surface area (Å²) in [6, 6.07) is 11.2. The number of carbonyl (C=O) groups excluding carboxylic acids is 1. The summed E-state index contributed by atoms with van der Waals surface area (Å²) in [5, 5.41) is 11.0. The monoisotopic (exact) mass is 355 g/mol. The number of rotatable bonds is 6. The smallest absolute Gasteiger partial charge is 0.235 e. The average molecular weight is 355 g/mol. The van der Waals surface area contributed by atoms with Crippen LogP contribution in [0.1, 0.15) is 6.92 Å². The molecule has 0 aliphatic heterocycles. The molecular formula is C19H15O7-. The largest absolute Gasteiger partial charge is 0.546 e. The molecule has 3 rings (SSSR count). The highest BCUT2D eigenvalue weighted by molar-refractivity contribution is 5.79. The minimum absolute atomic E-state index is 0.0273. The van der Waals surface area contributed by atoms with Gasteiger partial charge in [-0.25, -0.2) is 0 Å². The predicted octanol–water partition coefficient (Wildman–Crippen LogP) is 2.11. The fraction of sp³-hybridized carbons (Fsp3) is 0.158. The van der Waals surface area contributed by atoms with Crippen LogP contribution in [0.25, 0.3) is 11.0 Å². The zero-order valence-corrected chi connectivity index (χ0v) is 14.1. The summed E-state index contributed by atoms with van der Waals surface area (Å²) in [6.45, 7) is 1.35. The highest BCUT2D eigenvalue weighted by atomic mass is 16.5.